The SMILES string of the molecule is CCCC(CCC)N1CCN(C(=O)c2ccc(CN(CC3=NC=CC3)Cc3ncc[nH]3)cc2)CC1. The second-order valence-electron chi connectivity index (χ2n) is 9.72. The lowest BCUT2D eigenvalue weighted by Crippen LogP contribution is -2.52. The topological polar surface area (TPSA) is 67.8 Å². The number of carbonyl (C=O) groups is 1. The third-order valence-electron chi connectivity index (χ3n) is 7.02. The first kappa shape index (κ1) is 25.3. The molecule has 3 heterocycles. The molecule has 1 amide bonds. The number of allylic oxidation sites excluding steroid dienone is 1. The van der Waals surface area contributed by atoms with Gasteiger partial charge in [-0.05, 0) is 30.5 Å². The smallest absolute Gasteiger partial charge is 0.253 e. The van der Waals surface area contributed by atoms with Crippen molar-refractivity contribution in [3.8, 4) is 0 Å². The van der Waals surface area contributed by atoms with Crippen LogP contribution in [0.2, 0.25) is 0 Å². The third kappa shape index (κ3) is 7.12. The molecule has 4 rings (SSSR count). The van der Waals surface area contributed by atoms with E-state index in [1.165, 1.54) is 37.0 Å². The van der Waals surface area contributed by atoms with E-state index < -0.39 is 0 Å². The Morgan fingerprint density at radius 1 is 1.03 bits per heavy atom. The normalized spacial score (nSPS) is 16.5. The van der Waals surface area contributed by atoms with Crippen LogP contribution in [0.3, 0.4) is 0 Å². The average Bonchev–Trinajstić information content (AvgIpc) is 3.59. The molecule has 2 aliphatic rings. The van der Waals surface area contributed by atoms with Crippen molar-refractivity contribution in [1.82, 2.24) is 24.7 Å². The molecule has 0 bridgehead atoms. The maximum atomic E-state index is 13.2. The zero-order valence-electron chi connectivity index (χ0n) is 21.3. The molecule has 1 N–H and O–H groups in total. The fourth-order valence-electron chi connectivity index (χ4n) is 5.19. The number of amides is 1. The third-order valence-corrected chi connectivity index (χ3v) is 7.02. The van der Waals surface area contributed by atoms with Gasteiger partial charge in [0.25, 0.3) is 5.91 Å². The molecule has 0 aliphatic carbocycles. The number of piperazine rings is 1. The van der Waals surface area contributed by atoms with Crippen LogP contribution in [0, 0.1) is 0 Å². The number of imidazole rings is 1. The van der Waals surface area contributed by atoms with Gasteiger partial charge in [0, 0.05) is 81.6 Å². The standard InChI is InChI=1S/C28H40N6O/c1-3-6-26(7-4-2)33-16-18-34(19-17-33)28(35)24-11-9-23(10-12-24)20-32(21-25-8-5-13-29-25)22-27-30-14-15-31-27/h5,9-15,26H,3-4,6-8,16-22H2,1-2H3,(H,30,31). The molecule has 0 unspecified atom stereocenters. The highest BCUT2D eigenvalue weighted by Crippen LogP contribution is 2.18. The van der Waals surface area contributed by atoms with Crippen molar-refractivity contribution in [1.29, 1.82) is 0 Å². The predicted molar refractivity (Wildman–Crippen MR) is 141 cm³/mol. The Morgan fingerprint density at radius 3 is 2.37 bits per heavy atom. The second kappa shape index (κ2) is 12.8. The number of aliphatic imine (C=N–C) groups is 1. The molecule has 188 valence electrons. The van der Waals surface area contributed by atoms with Crippen molar-refractivity contribution in [2.24, 2.45) is 4.99 Å². The number of H-pyrrole nitrogens is 1. The van der Waals surface area contributed by atoms with Crippen molar-refractivity contribution in [3.05, 3.63) is 65.9 Å². The lowest BCUT2D eigenvalue weighted by atomic mass is 10.0. The number of hydrogen-bond acceptors (Lipinski definition) is 5. The predicted octanol–water partition coefficient (Wildman–Crippen LogP) is 4.50. The van der Waals surface area contributed by atoms with Crippen molar-refractivity contribution in [2.45, 2.75) is 65.1 Å². The Hall–Kier alpha value is -2.77. The molecule has 1 aromatic carbocycles. The number of rotatable bonds is 12. The largest absolute Gasteiger partial charge is 0.348 e. The molecule has 1 saturated heterocycles. The molecule has 0 saturated carbocycles. The minimum Gasteiger partial charge on any atom is -0.348 e. The zero-order valence-corrected chi connectivity index (χ0v) is 21.3. The highest BCUT2D eigenvalue weighted by molar-refractivity contribution is 5.94. The number of carbonyl (C=O) groups excluding carboxylic acids is 1. The van der Waals surface area contributed by atoms with E-state index in [9.17, 15) is 4.79 Å². The van der Waals surface area contributed by atoms with E-state index in [1.807, 2.05) is 29.4 Å². The Labute approximate surface area is 209 Å². The van der Waals surface area contributed by atoms with Crippen LogP contribution in [0.5, 0.6) is 0 Å². The van der Waals surface area contributed by atoms with Crippen molar-refractivity contribution in [2.75, 3.05) is 32.7 Å². The summed E-state index contributed by atoms with van der Waals surface area (Å²) in [6, 6.07) is 8.82. The molecular formula is C28H40N6O. The zero-order chi connectivity index (χ0) is 24.5. The van der Waals surface area contributed by atoms with E-state index >= 15 is 0 Å². The fraction of sp³-hybridized carbons (Fsp3) is 0.536. The summed E-state index contributed by atoms with van der Waals surface area (Å²) in [6.07, 6.45) is 13.5. The van der Waals surface area contributed by atoms with Gasteiger partial charge in [-0.15, -0.1) is 0 Å². The van der Waals surface area contributed by atoms with Gasteiger partial charge in [-0.2, -0.15) is 0 Å². The lowest BCUT2D eigenvalue weighted by molar-refractivity contribution is 0.0547. The average molecular weight is 477 g/mol. The van der Waals surface area contributed by atoms with Crippen LogP contribution in [0.25, 0.3) is 0 Å². The van der Waals surface area contributed by atoms with Gasteiger partial charge >= 0.3 is 0 Å². The van der Waals surface area contributed by atoms with E-state index in [0.29, 0.717) is 6.04 Å². The van der Waals surface area contributed by atoms with Crippen LogP contribution >= 0.6 is 0 Å². The summed E-state index contributed by atoms with van der Waals surface area (Å²) in [5.41, 5.74) is 3.14. The van der Waals surface area contributed by atoms with Crippen LogP contribution < -0.4 is 0 Å². The van der Waals surface area contributed by atoms with Crippen LogP contribution in [0.15, 0.2) is 53.9 Å². The number of aromatic amines is 1. The van der Waals surface area contributed by atoms with Gasteiger partial charge in [0.05, 0.1) is 6.54 Å². The molecular weight excluding hydrogens is 436 g/mol. The summed E-state index contributed by atoms with van der Waals surface area (Å²) in [4.78, 5) is 32.2. The minimum atomic E-state index is 0.151. The van der Waals surface area contributed by atoms with Gasteiger partial charge in [0.2, 0.25) is 0 Å². The van der Waals surface area contributed by atoms with Crippen LogP contribution in [-0.2, 0) is 13.1 Å². The number of aromatic nitrogens is 2. The minimum absolute atomic E-state index is 0.151. The maximum absolute atomic E-state index is 13.2. The monoisotopic (exact) mass is 476 g/mol. The van der Waals surface area contributed by atoms with E-state index in [4.69, 9.17) is 0 Å². The molecule has 7 nitrogen and oxygen atoms in total. The highest BCUT2D eigenvalue weighted by Gasteiger charge is 2.26. The Kier molecular flexibility index (Phi) is 9.26. The summed E-state index contributed by atoms with van der Waals surface area (Å²) in [7, 11) is 0. The van der Waals surface area contributed by atoms with E-state index in [0.717, 1.165) is 63.6 Å². The van der Waals surface area contributed by atoms with Crippen LogP contribution in [0.1, 0.15) is 67.7 Å². The molecule has 7 heteroatoms. The van der Waals surface area contributed by atoms with Gasteiger partial charge < -0.3 is 9.88 Å². The van der Waals surface area contributed by atoms with Gasteiger partial charge in [0.15, 0.2) is 0 Å². The number of nitrogens with one attached hydrogen (secondary N) is 1. The molecule has 0 spiro atoms. The Balaban J connectivity index is 1.33. The molecule has 1 fully saturated rings. The maximum Gasteiger partial charge on any atom is 0.253 e. The van der Waals surface area contributed by atoms with Crippen molar-refractivity contribution >= 4 is 11.6 Å². The first-order valence-electron chi connectivity index (χ1n) is 13.2. The first-order chi connectivity index (χ1) is 17.2. The quantitative estimate of drug-likeness (QED) is 0.490. The first-order valence-corrected chi connectivity index (χ1v) is 13.2. The fourth-order valence-corrected chi connectivity index (χ4v) is 5.19. The Bertz CT molecular complexity index is 967. The molecule has 1 aromatic heterocycles. The molecule has 2 aliphatic heterocycles. The van der Waals surface area contributed by atoms with Gasteiger partial charge in [-0.25, -0.2) is 4.98 Å². The molecule has 2 aromatic rings. The Morgan fingerprint density at radius 2 is 1.77 bits per heavy atom. The van der Waals surface area contributed by atoms with Gasteiger partial charge in [-0.3, -0.25) is 19.6 Å². The van der Waals surface area contributed by atoms with Crippen LogP contribution in [-0.4, -0.2) is 75.1 Å². The van der Waals surface area contributed by atoms with Gasteiger partial charge in [-0.1, -0.05) is 44.9 Å². The van der Waals surface area contributed by atoms with Crippen molar-refractivity contribution in [3.63, 3.8) is 0 Å². The molecule has 35 heavy (non-hydrogen) atoms. The summed E-state index contributed by atoms with van der Waals surface area (Å²) in [5.74, 6) is 1.10. The number of nitrogens with zero attached hydrogens (tertiary/aromatic N) is 5. The molecule has 0 atom stereocenters. The molecule has 0 radical (unpaired) electrons. The van der Waals surface area contributed by atoms with E-state index in [2.05, 4.69) is 56.8 Å². The summed E-state index contributed by atoms with van der Waals surface area (Å²) >= 11 is 0. The van der Waals surface area contributed by atoms with Crippen molar-refractivity contribution < 1.29 is 4.79 Å². The highest BCUT2D eigenvalue weighted by atomic mass is 16.2. The summed E-state index contributed by atoms with van der Waals surface area (Å²) in [6.45, 7) is 10.4. The van der Waals surface area contributed by atoms with E-state index in [1.54, 1.807) is 6.20 Å². The number of benzene rings is 1. The summed E-state index contributed by atoms with van der Waals surface area (Å²) < 4.78 is 0. The second-order valence-corrected chi connectivity index (χ2v) is 9.72. The lowest BCUT2D eigenvalue weighted by Gasteiger charge is -2.39. The van der Waals surface area contributed by atoms with Gasteiger partial charge in [0.1, 0.15) is 5.82 Å². The summed E-state index contributed by atoms with van der Waals surface area (Å²) in [5, 5.41) is 0. The number of hydrogen-bond donors (Lipinski definition) is 1. The van der Waals surface area contributed by atoms with Crippen LogP contribution in [0.4, 0.5) is 0 Å². The van der Waals surface area contributed by atoms with E-state index in [-0.39, 0.29) is 5.91 Å².